The zero-order chi connectivity index (χ0) is 18.0. The number of carbonyl (C=O) groups is 2. The minimum atomic E-state index is -0.117. The monoisotopic (exact) mass is 337 g/mol. The van der Waals surface area contributed by atoms with Crippen molar-refractivity contribution < 1.29 is 19.8 Å². The molecular weight excluding hydrogens is 318 g/mol. The van der Waals surface area contributed by atoms with Gasteiger partial charge < -0.3 is 15.5 Å². The van der Waals surface area contributed by atoms with Gasteiger partial charge in [-0.1, -0.05) is 19.1 Å². The molecule has 1 amide bonds. The van der Waals surface area contributed by atoms with Crippen LogP contribution in [0.15, 0.2) is 42.0 Å². The Labute approximate surface area is 145 Å². The molecular formula is C20H19NO4. The molecule has 0 radical (unpaired) electrons. The lowest BCUT2D eigenvalue weighted by Crippen LogP contribution is -2.12. The molecule has 0 saturated heterocycles. The maximum atomic E-state index is 12.6. The van der Waals surface area contributed by atoms with Gasteiger partial charge in [0, 0.05) is 41.3 Å². The van der Waals surface area contributed by atoms with E-state index in [9.17, 15) is 19.8 Å². The van der Waals surface area contributed by atoms with Crippen molar-refractivity contribution in [2.24, 2.45) is 0 Å². The highest BCUT2D eigenvalue weighted by Crippen LogP contribution is 2.34. The van der Waals surface area contributed by atoms with Gasteiger partial charge in [-0.15, -0.1) is 0 Å². The molecule has 0 heterocycles. The van der Waals surface area contributed by atoms with Gasteiger partial charge in [0.05, 0.1) is 0 Å². The van der Waals surface area contributed by atoms with Crippen LogP contribution < -0.4 is 5.32 Å². The van der Waals surface area contributed by atoms with Gasteiger partial charge in [0.15, 0.2) is 5.78 Å². The second-order valence-electron chi connectivity index (χ2n) is 6.05. The number of phenols is 2. The van der Waals surface area contributed by atoms with E-state index in [1.165, 1.54) is 12.1 Å². The number of carbonyl (C=O) groups excluding carboxylic acids is 2. The number of ketones is 1. The number of aromatic hydroxyl groups is 2. The number of Topliss-reactive ketones (excluding diaryl/α,β-unsaturated/α-hetero) is 1. The first-order valence-corrected chi connectivity index (χ1v) is 8.18. The Morgan fingerprint density at radius 3 is 2.76 bits per heavy atom. The first-order valence-electron chi connectivity index (χ1n) is 8.18. The number of nitrogens with one attached hydrogen (secondary N) is 1. The van der Waals surface area contributed by atoms with Crippen molar-refractivity contribution in [3.05, 3.63) is 58.7 Å². The Hall–Kier alpha value is -3.08. The predicted octanol–water partition coefficient (Wildman–Crippen LogP) is 3.66. The molecule has 0 spiro atoms. The summed E-state index contributed by atoms with van der Waals surface area (Å²) in [7, 11) is 0. The highest BCUT2D eigenvalue weighted by molar-refractivity contribution is 6.17. The molecule has 2 aromatic rings. The maximum Gasteiger partial charge on any atom is 0.224 e. The Morgan fingerprint density at radius 1 is 1.24 bits per heavy atom. The average molecular weight is 337 g/mol. The molecule has 0 aromatic heterocycles. The quantitative estimate of drug-likeness (QED) is 0.743. The summed E-state index contributed by atoms with van der Waals surface area (Å²) in [6.45, 7) is 1.93. The summed E-state index contributed by atoms with van der Waals surface area (Å²) >= 11 is 0. The van der Waals surface area contributed by atoms with E-state index in [1.54, 1.807) is 30.3 Å². The molecule has 0 unspecified atom stereocenters. The molecule has 0 fully saturated rings. The Bertz CT molecular complexity index is 883. The van der Waals surface area contributed by atoms with E-state index in [0.717, 1.165) is 12.0 Å². The number of benzene rings is 2. The lowest BCUT2D eigenvalue weighted by molar-refractivity contribution is -0.116. The smallest absolute Gasteiger partial charge is 0.224 e. The average Bonchev–Trinajstić information content (AvgIpc) is 2.88. The normalized spacial score (nSPS) is 14.6. The predicted molar refractivity (Wildman–Crippen MR) is 95.8 cm³/mol. The van der Waals surface area contributed by atoms with Crippen LogP contribution in [0.4, 0.5) is 5.69 Å². The summed E-state index contributed by atoms with van der Waals surface area (Å²) in [6, 6.07) is 9.52. The summed E-state index contributed by atoms with van der Waals surface area (Å²) in [4.78, 5) is 24.5. The van der Waals surface area contributed by atoms with Crippen LogP contribution in [-0.2, 0) is 11.2 Å². The molecule has 1 aliphatic carbocycles. The summed E-state index contributed by atoms with van der Waals surface area (Å²) in [5.41, 5.74) is 3.02. The highest BCUT2D eigenvalue weighted by Gasteiger charge is 2.27. The zero-order valence-electron chi connectivity index (χ0n) is 13.9. The lowest BCUT2D eigenvalue weighted by atomic mass is 10.1. The topological polar surface area (TPSA) is 86.6 Å². The number of rotatable bonds is 4. The van der Waals surface area contributed by atoms with Crippen LogP contribution in [0.1, 0.15) is 41.3 Å². The fourth-order valence-corrected chi connectivity index (χ4v) is 2.95. The van der Waals surface area contributed by atoms with Crippen LogP contribution in [0.2, 0.25) is 0 Å². The molecule has 3 rings (SSSR count). The third kappa shape index (κ3) is 3.40. The van der Waals surface area contributed by atoms with Gasteiger partial charge in [-0.3, -0.25) is 9.59 Å². The Kier molecular flexibility index (Phi) is 4.57. The Morgan fingerprint density at radius 2 is 2.04 bits per heavy atom. The van der Waals surface area contributed by atoms with E-state index in [4.69, 9.17) is 0 Å². The third-order valence-corrected chi connectivity index (χ3v) is 4.17. The van der Waals surface area contributed by atoms with E-state index in [2.05, 4.69) is 5.32 Å². The van der Waals surface area contributed by atoms with E-state index in [-0.39, 0.29) is 23.2 Å². The summed E-state index contributed by atoms with van der Waals surface area (Å²) in [5, 5.41) is 22.1. The van der Waals surface area contributed by atoms with Crippen LogP contribution in [-0.4, -0.2) is 21.9 Å². The molecule has 5 nitrogen and oxygen atoms in total. The summed E-state index contributed by atoms with van der Waals surface area (Å²) in [6.07, 6.45) is 3.19. The minimum Gasteiger partial charge on any atom is -0.508 e. The van der Waals surface area contributed by atoms with E-state index < -0.39 is 0 Å². The van der Waals surface area contributed by atoms with Crippen LogP contribution in [0.3, 0.4) is 0 Å². The second-order valence-corrected chi connectivity index (χ2v) is 6.05. The summed E-state index contributed by atoms with van der Waals surface area (Å²) in [5.74, 6) is -0.319. The fraction of sp³-hybridized carbons (Fsp3) is 0.200. The number of amides is 1. The number of allylic oxidation sites excluding steroid dienone is 1. The fourth-order valence-electron chi connectivity index (χ4n) is 2.95. The third-order valence-electron chi connectivity index (χ3n) is 4.17. The van der Waals surface area contributed by atoms with Crippen LogP contribution in [0, 0.1) is 0 Å². The van der Waals surface area contributed by atoms with Gasteiger partial charge in [0.2, 0.25) is 5.91 Å². The van der Waals surface area contributed by atoms with Gasteiger partial charge in [-0.2, -0.15) is 0 Å². The molecule has 0 atom stereocenters. The first kappa shape index (κ1) is 16.8. The molecule has 0 bridgehead atoms. The minimum absolute atomic E-state index is 0.0402. The standard InChI is InChI=1S/C20H19NO4/c1-2-4-19(24)21-17-6-3-5-15-16(17)10-13(20(15)25)9-12-7-8-14(22)11-18(12)23/h3,5-9,11,22-23H,2,4,10H2,1H3,(H,21,24)/b13-9+. The molecule has 25 heavy (non-hydrogen) atoms. The number of hydrogen-bond donors (Lipinski definition) is 3. The van der Waals surface area contributed by atoms with Crippen molar-refractivity contribution in [3.63, 3.8) is 0 Å². The number of hydrogen-bond acceptors (Lipinski definition) is 4. The molecule has 0 aliphatic heterocycles. The lowest BCUT2D eigenvalue weighted by Gasteiger charge is -2.08. The van der Waals surface area contributed by atoms with Crippen molar-refractivity contribution in [2.45, 2.75) is 26.2 Å². The molecule has 5 heteroatoms. The van der Waals surface area contributed by atoms with Gasteiger partial charge >= 0.3 is 0 Å². The first-order chi connectivity index (χ1) is 12.0. The molecule has 2 aromatic carbocycles. The van der Waals surface area contributed by atoms with Crippen molar-refractivity contribution in [2.75, 3.05) is 5.32 Å². The van der Waals surface area contributed by atoms with Crippen molar-refractivity contribution in [1.82, 2.24) is 0 Å². The molecule has 3 N–H and O–H groups in total. The Balaban J connectivity index is 1.93. The largest absolute Gasteiger partial charge is 0.508 e. The van der Waals surface area contributed by atoms with Gasteiger partial charge in [0.25, 0.3) is 0 Å². The maximum absolute atomic E-state index is 12.6. The molecule has 128 valence electrons. The van der Waals surface area contributed by atoms with Gasteiger partial charge in [-0.25, -0.2) is 0 Å². The van der Waals surface area contributed by atoms with Crippen LogP contribution >= 0.6 is 0 Å². The van der Waals surface area contributed by atoms with Crippen molar-refractivity contribution >= 4 is 23.5 Å². The van der Waals surface area contributed by atoms with Crippen LogP contribution in [0.25, 0.3) is 6.08 Å². The SMILES string of the molecule is CCCC(=O)Nc1cccc2c1C/C(=C\c1ccc(O)cc1O)C2=O. The van der Waals surface area contributed by atoms with E-state index in [0.29, 0.717) is 35.2 Å². The van der Waals surface area contributed by atoms with E-state index >= 15 is 0 Å². The highest BCUT2D eigenvalue weighted by atomic mass is 16.3. The molecule has 0 saturated carbocycles. The second kappa shape index (κ2) is 6.81. The van der Waals surface area contributed by atoms with Gasteiger partial charge in [-0.05, 0) is 36.3 Å². The van der Waals surface area contributed by atoms with Crippen molar-refractivity contribution in [1.29, 1.82) is 0 Å². The van der Waals surface area contributed by atoms with Gasteiger partial charge in [0.1, 0.15) is 11.5 Å². The number of anilines is 1. The number of fused-ring (bicyclic) bond motifs is 1. The summed E-state index contributed by atoms with van der Waals surface area (Å²) < 4.78 is 0. The zero-order valence-corrected chi connectivity index (χ0v) is 13.9. The van der Waals surface area contributed by atoms with Crippen LogP contribution in [0.5, 0.6) is 11.5 Å². The number of phenolic OH excluding ortho intramolecular Hbond substituents is 2. The van der Waals surface area contributed by atoms with E-state index in [1.807, 2.05) is 6.92 Å². The molecule has 1 aliphatic rings. The van der Waals surface area contributed by atoms with Crippen molar-refractivity contribution in [3.8, 4) is 11.5 Å².